The van der Waals surface area contributed by atoms with Gasteiger partial charge in [0.2, 0.25) is 0 Å². The molecule has 0 heterocycles. The van der Waals surface area contributed by atoms with E-state index in [4.69, 9.17) is 4.74 Å². The van der Waals surface area contributed by atoms with Crippen molar-refractivity contribution in [1.29, 1.82) is 0 Å². The van der Waals surface area contributed by atoms with Gasteiger partial charge in [-0.05, 0) is 48.9 Å². The number of benzene rings is 2. The fourth-order valence-corrected chi connectivity index (χ4v) is 3.20. The Morgan fingerprint density at radius 2 is 2.00 bits per heavy atom. The van der Waals surface area contributed by atoms with E-state index in [0.29, 0.717) is 0 Å². The molecule has 2 nitrogen and oxygen atoms in total. The molecule has 0 aliphatic heterocycles. The van der Waals surface area contributed by atoms with Crippen molar-refractivity contribution in [3.05, 3.63) is 64.7 Å². The first-order valence-electron chi connectivity index (χ1n) is 7.47. The summed E-state index contributed by atoms with van der Waals surface area (Å²) >= 11 is 0. The van der Waals surface area contributed by atoms with Crippen molar-refractivity contribution in [3.8, 4) is 5.75 Å². The molecule has 2 heteroatoms. The van der Waals surface area contributed by atoms with Crippen molar-refractivity contribution in [2.24, 2.45) is 0 Å². The molecule has 1 unspecified atom stereocenters. The highest BCUT2D eigenvalue weighted by Gasteiger charge is 2.27. The van der Waals surface area contributed by atoms with Crippen molar-refractivity contribution in [3.63, 3.8) is 0 Å². The normalized spacial score (nSPS) is 17.1. The van der Waals surface area contributed by atoms with Crippen molar-refractivity contribution < 1.29 is 9.53 Å². The first kappa shape index (κ1) is 13.9. The van der Waals surface area contributed by atoms with Gasteiger partial charge < -0.3 is 4.74 Å². The number of aryl methyl sites for hydroxylation is 2. The van der Waals surface area contributed by atoms with Crippen LogP contribution in [0.2, 0.25) is 0 Å². The predicted octanol–water partition coefficient (Wildman–Crippen LogP) is 4.31. The molecule has 0 amide bonds. The number of carbonyl (C=O) groups is 1. The molecule has 1 atom stereocenters. The second-order valence-electron chi connectivity index (χ2n) is 5.69. The van der Waals surface area contributed by atoms with Crippen LogP contribution in [0.5, 0.6) is 5.75 Å². The molecule has 2 aromatic rings. The fraction of sp³-hybridized carbons (Fsp3) is 0.316. The summed E-state index contributed by atoms with van der Waals surface area (Å²) in [5.41, 5.74) is 4.33. The number of Topliss-reactive ketones (excluding diaryl/α,β-unsaturated/α-hetero) is 1. The molecule has 21 heavy (non-hydrogen) atoms. The minimum atomic E-state index is -0.0117. The molecular weight excluding hydrogens is 260 g/mol. The lowest BCUT2D eigenvalue weighted by atomic mass is 9.79. The van der Waals surface area contributed by atoms with E-state index in [-0.39, 0.29) is 11.7 Å². The molecule has 1 aliphatic carbocycles. The lowest BCUT2D eigenvalue weighted by molar-refractivity contribution is 0.0950. The Hall–Kier alpha value is -2.09. The van der Waals surface area contributed by atoms with Crippen LogP contribution in [0.3, 0.4) is 0 Å². The summed E-state index contributed by atoms with van der Waals surface area (Å²) in [6.45, 7) is 1.99. The Bertz CT molecular complexity index is 673. The Balaban J connectivity index is 1.96. The molecule has 0 saturated heterocycles. The average Bonchev–Trinajstić information content (AvgIpc) is 2.54. The average molecular weight is 280 g/mol. The van der Waals surface area contributed by atoms with Crippen molar-refractivity contribution in [1.82, 2.24) is 0 Å². The molecule has 108 valence electrons. The van der Waals surface area contributed by atoms with Gasteiger partial charge in [0.25, 0.3) is 0 Å². The molecule has 0 saturated carbocycles. The van der Waals surface area contributed by atoms with E-state index in [0.717, 1.165) is 36.1 Å². The minimum absolute atomic E-state index is 0.0117. The number of methoxy groups -OCH3 is 1. The largest absolute Gasteiger partial charge is 0.496 e. The minimum Gasteiger partial charge on any atom is -0.496 e. The van der Waals surface area contributed by atoms with E-state index in [1.54, 1.807) is 7.11 Å². The number of fused-ring (bicyclic) bond motifs is 1. The van der Waals surface area contributed by atoms with Crippen LogP contribution in [0.25, 0.3) is 0 Å². The van der Waals surface area contributed by atoms with E-state index >= 15 is 0 Å². The summed E-state index contributed by atoms with van der Waals surface area (Å²) in [6, 6.07) is 14.1. The number of hydrogen-bond acceptors (Lipinski definition) is 2. The quantitative estimate of drug-likeness (QED) is 0.783. The highest BCUT2D eigenvalue weighted by molar-refractivity contribution is 6.01. The van der Waals surface area contributed by atoms with Gasteiger partial charge in [-0.25, -0.2) is 0 Å². The lowest BCUT2D eigenvalue weighted by Gasteiger charge is -2.24. The van der Waals surface area contributed by atoms with Gasteiger partial charge in [-0.15, -0.1) is 0 Å². The van der Waals surface area contributed by atoms with E-state index < -0.39 is 0 Å². The summed E-state index contributed by atoms with van der Waals surface area (Å²) < 4.78 is 5.34. The number of hydrogen-bond donors (Lipinski definition) is 0. The first-order chi connectivity index (χ1) is 10.2. The summed E-state index contributed by atoms with van der Waals surface area (Å²) in [6.07, 6.45) is 3.10. The van der Waals surface area contributed by atoms with Crippen LogP contribution in [0.4, 0.5) is 0 Å². The number of ketones is 1. The molecule has 0 bridgehead atoms. The van der Waals surface area contributed by atoms with Crippen LogP contribution >= 0.6 is 0 Å². The Labute approximate surface area is 125 Å². The van der Waals surface area contributed by atoms with Gasteiger partial charge in [-0.3, -0.25) is 4.79 Å². The van der Waals surface area contributed by atoms with Gasteiger partial charge in [0.05, 0.1) is 7.11 Å². The van der Waals surface area contributed by atoms with Crippen molar-refractivity contribution in [2.45, 2.75) is 32.1 Å². The maximum Gasteiger partial charge on any atom is 0.170 e. The molecule has 0 N–H and O–H groups in total. The molecule has 1 aliphatic rings. The third-order valence-electron chi connectivity index (χ3n) is 4.38. The molecule has 0 fully saturated rings. The van der Waals surface area contributed by atoms with Crippen molar-refractivity contribution in [2.75, 3.05) is 7.11 Å². The SMILES string of the molecule is COc1cc(C(=O)C2CCCc3ccccc32)ccc1C. The Kier molecular flexibility index (Phi) is 3.78. The van der Waals surface area contributed by atoms with E-state index in [2.05, 4.69) is 18.2 Å². The van der Waals surface area contributed by atoms with Crippen LogP contribution in [-0.4, -0.2) is 12.9 Å². The van der Waals surface area contributed by atoms with Gasteiger partial charge in [0.15, 0.2) is 5.78 Å². The summed E-state index contributed by atoms with van der Waals surface area (Å²) in [5.74, 6) is 0.979. The monoisotopic (exact) mass is 280 g/mol. The summed E-state index contributed by atoms with van der Waals surface area (Å²) in [7, 11) is 1.65. The zero-order valence-corrected chi connectivity index (χ0v) is 12.6. The third kappa shape index (κ3) is 2.58. The highest BCUT2D eigenvalue weighted by Crippen LogP contribution is 2.34. The second-order valence-corrected chi connectivity index (χ2v) is 5.69. The highest BCUT2D eigenvalue weighted by atomic mass is 16.5. The zero-order valence-electron chi connectivity index (χ0n) is 12.6. The molecule has 2 aromatic carbocycles. The lowest BCUT2D eigenvalue weighted by Crippen LogP contribution is -2.18. The standard InChI is InChI=1S/C19H20O2/c1-13-10-11-15(12-18(13)21-2)19(20)17-9-5-7-14-6-3-4-8-16(14)17/h3-4,6,8,10-12,17H,5,7,9H2,1-2H3. The smallest absolute Gasteiger partial charge is 0.170 e. The molecule has 0 aromatic heterocycles. The van der Waals surface area contributed by atoms with Gasteiger partial charge in [-0.1, -0.05) is 36.4 Å². The van der Waals surface area contributed by atoms with Crippen LogP contribution < -0.4 is 4.74 Å². The van der Waals surface area contributed by atoms with Crippen LogP contribution in [0.15, 0.2) is 42.5 Å². The van der Waals surface area contributed by atoms with E-state index in [9.17, 15) is 4.79 Å². The van der Waals surface area contributed by atoms with Crippen LogP contribution in [-0.2, 0) is 6.42 Å². The van der Waals surface area contributed by atoms with Gasteiger partial charge in [0, 0.05) is 11.5 Å². The first-order valence-corrected chi connectivity index (χ1v) is 7.47. The molecule has 0 spiro atoms. The van der Waals surface area contributed by atoms with Gasteiger partial charge in [-0.2, -0.15) is 0 Å². The molecule has 3 rings (SSSR count). The van der Waals surface area contributed by atoms with Crippen LogP contribution in [0, 0.1) is 6.92 Å². The molecular formula is C19H20O2. The number of carbonyl (C=O) groups excluding carboxylic acids is 1. The summed E-state index contributed by atoms with van der Waals surface area (Å²) in [4.78, 5) is 12.9. The van der Waals surface area contributed by atoms with Crippen molar-refractivity contribution >= 4 is 5.78 Å². The van der Waals surface area contributed by atoms with E-state index in [1.165, 1.54) is 11.1 Å². The maximum absolute atomic E-state index is 12.9. The Morgan fingerprint density at radius 3 is 2.81 bits per heavy atom. The van der Waals surface area contributed by atoms with Crippen LogP contribution in [0.1, 0.15) is 45.8 Å². The predicted molar refractivity (Wildman–Crippen MR) is 84.2 cm³/mol. The fourth-order valence-electron chi connectivity index (χ4n) is 3.20. The topological polar surface area (TPSA) is 26.3 Å². The third-order valence-corrected chi connectivity index (χ3v) is 4.38. The number of rotatable bonds is 3. The maximum atomic E-state index is 12.9. The summed E-state index contributed by atoms with van der Waals surface area (Å²) in [5, 5.41) is 0. The second kappa shape index (κ2) is 5.72. The molecule has 0 radical (unpaired) electrons. The number of ether oxygens (including phenoxy) is 1. The van der Waals surface area contributed by atoms with E-state index in [1.807, 2.05) is 31.2 Å². The Morgan fingerprint density at radius 1 is 1.19 bits per heavy atom. The van der Waals surface area contributed by atoms with Gasteiger partial charge >= 0.3 is 0 Å². The zero-order chi connectivity index (χ0) is 14.8. The van der Waals surface area contributed by atoms with Gasteiger partial charge in [0.1, 0.15) is 5.75 Å².